The van der Waals surface area contributed by atoms with Crippen molar-refractivity contribution < 1.29 is 14.2 Å². The second-order valence-corrected chi connectivity index (χ2v) is 10.6. The van der Waals surface area contributed by atoms with Gasteiger partial charge in [0.25, 0.3) is 0 Å². The molecule has 174 valence electrons. The standard InChI is InChI=1S/C24H35N5O3/c1-23(2)16-31-22(32-17-23)13-29-12-20(25-26-29)19-6-5-18(11-21(19)27(3)4)28-14-24(15-28)7-9-30-10-8-24/h5-6,11-12,22H,7-10,13-17H2,1-4H3. The van der Waals surface area contributed by atoms with Gasteiger partial charge in [-0.2, -0.15) is 0 Å². The first-order valence-corrected chi connectivity index (χ1v) is 11.6. The first kappa shape index (κ1) is 21.7. The highest BCUT2D eigenvalue weighted by atomic mass is 16.7. The van der Waals surface area contributed by atoms with E-state index in [-0.39, 0.29) is 11.7 Å². The molecule has 1 aromatic carbocycles. The molecule has 0 saturated carbocycles. The van der Waals surface area contributed by atoms with Crippen LogP contribution >= 0.6 is 0 Å². The fraction of sp³-hybridized carbons (Fsp3) is 0.667. The Morgan fingerprint density at radius 2 is 1.81 bits per heavy atom. The highest BCUT2D eigenvalue weighted by molar-refractivity contribution is 5.79. The maximum Gasteiger partial charge on any atom is 0.177 e. The summed E-state index contributed by atoms with van der Waals surface area (Å²) in [5.41, 5.74) is 4.88. The number of ether oxygens (including phenoxy) is 3. The predicted molar refractivity (Wildman–Crippen MR) is 124 cm³/mol. The summed E-state index contributed by atoms with van der Waals surface area (Å²) in [6, 6.07) is 6.66. The molecule has 0 bridgehead atoms. The SMILES string of the molecule is CN(C)c1cc(N2CC3(CCOCC3)C2)ccc1-c1cn(CC2OCC(C)(C)CO2)nn1. The Morgan fingerprint density at radius 1 is 1.09 bits per heavy atom. The summed E-state index contributed by atoms with van der Waals surface area (Å²) in [4.78, 5) is 4.63. The van der Waals surface area contributed by atoms with Gasteiger partial charge in [-0.05, 0) is 31.0 Å². The lowest BCUT2D eigenvalue weighted by molar-refractivity contribution is -0.227. The van der Waals surface area contributed by atoms with E-state index in [9.17, 15) is 0 Å². The van der Waals surface area contributed by atoms with Crippen molar-refractivity contribution in [1.29, 1.82) is 0 Å². The van der Waals surface area contributed by atoms with Crippen LogP contribution in [-0.2, 0) is 20.8 Å². The van der Waals surface area contributed by atoms with E-state index in [1.807, 2.05) is 10.9 Å². The summed E-state index contributed by atoms with van der Waals surface area (Å²) in [7, 11) is 4.16. The molecule has 3 aliphatic rings. The molecule has 1 spiro atoms. The van der Waals surface area contributed by atoms with E-state index in [0.717, 1.165) is 43.2 Å². The Bertz CT molecular complexity index is 933. The Balaban J connectivity index is 1.29. The topological polar surface area (TPSA) is 64.9 Å². The predicted octanol–water partition coefficient (Wildman–Crippen LogP) is 3.03. The fourth-order valence-electron chi connectivity index (χ4n) is 4.87. The van der Waals surface area contributed by atoms with Gasteiger partial charge in [-0.15, -0.1) is 5.10 Å². The molecule has 0 radical (unpaired) electrons. The van der Waals surface area contributed by atoms with Crippen LogP contribution in [0.3, 0.4) is 0 Å². The summed E-state index contributed by atoms with van der Waals surface area (Å²) in [5.74, 6) is 0. The number of aromatic nitrogens is 3. The number of benzene rings is 1. The van der Waals surface area contributed by atoms with Gasteiger partial charge in [-0.1, -0.05) is 19.1 Å². The highest BCUT2D eigenvalue weighted by Crippen LogP contribution is 2.43. The number of hydrogen-bond donors (Lipinski definition) is 0. The molecular formula is C24H35N5O3. The smallest absolute Gasteiger partial charge is 0.177 e. The van der Waals surface area contributed by atoms with Crippen molar-refractivity contribution in [1.82, 2.24) is 15.0 Å². The third-order valence-corrected chi connectivity index (χ3v) is 6.90. The lowest BCUT2D eigenvalue weighted by Crippen LogP contribution is -2.58. The molecule has 1 aromatic heterocycles. The summed E-state index contributed by atoms with van der Waals surface area (Å²) in [6.45, 7) is 10.3. The fourth-order valence-corrected chi connectivity index (χ4v) is 4.87. The molecule has 3 fully saturated rings. The zero-order valence-corrected chi connectivity index (χ0v) is 19.7. The highest BCUT2D eigenvalue weighted by Gasteiger charge is 2.44. The van der Waals surface area contributed by atoms with Crippen molar-refractivity contribution in [3.63, 3.8) is 0 Å². The van der Waals surface area contributed by atoms with Gasteiger partial charge in [-0.3, -0.25) is 0 Å². The number of anilines is 2. The Kier molecular flexibility index (Phi) is 5.63. The van der Waals surface area contributed by atoms with Crippen molar-refractivity contribution in [2.45, 2.75) is 39.5 Å². The molecule has 5 rings (SSSR count). The van der Waals surface area contributed by atoms with Crippen LogP contribution in [0.1, 0.15) is 26.7 Å². The van der Waals surface area contributed by atoms with Crippen molar-refractivity contribution in [2.24, 2.45) is 10.8 Å². The largest absolute Gasteiger partial charge is 0.381 e. The van der Waals surface area contributed by atoms with Gasteiger partial charge in [0.05, 0.1) is 26.0 Å². The average Bonchev–Trinajstić information content (AvgIpc) is 3.22. The first-order valence-electron chi connectivity index (χ1n) is 11.6. The van der Waals surface area contributed by atoms with Crippen molar-refractivity contribution in [3.8, 4) is 11.3 Å². The van der Waals surface area contributed by atoms with E-state index < -0.39 is 0 Å². The van der Waals surface area contributed by atoms with Crippen LogP contribution in [0.4, 0.5) is 11.4 Å². The van der Waals surface area contributed by atoms with E-state index in [2.05, 4.69) is 66.3 Å². The second kappa shape index (κ2) is 8.32. The van der Waals surface area contributed by atoms with Crippen LogP contribution in [0, 0.1) is 10.8 Å². The van der Waals surface area contributed by atoms with Crippen LogP contribution in [0.2, 0.25) is 0 Å². The minimum absolute atomic E-state index is 0.0628. The molecule has 2 aromatic rings. The molecular weight excluding hydrogens is 406 g/mol. The Labute approximate surface area is 190 Å². The number of rotatable bonds is 5. The first-order chi connectivity index (χ1) is 15.3. The van der Waals surface area contributed by atoms with Gasteiger partial charge in [-0.25, -0.2) is 4.68 Å². The zero-order valence-electron chi connectivity index (χ0n) is 19.7. The van der Waals surface area contributed by atoms with Crippen LogP contribution in [0.5, 0.6) is 0 Å². The monoisotopic (exact) mass is 441 g/mol. The molecule has 0 aliphatic carbocycles. The Hall–Kier alpha value is -2.16. The normalized spacial score (nSPS) is 22.7. The molecule has 8 nitrogen and oxygen atoms in total. The maximum atomic E-state index is 5.85. The van der Waals surface area contributed by atoms with Crippen LogP contribution in [-0.4, -0.2) is 74.9 Å². The summed E-state index contributed by atoms with van der Waals surface area (Å²) in [6.07, 6.45) is 4.06. The summed E-state index contributed by atoms with van der Waals surface area (Å²) in [5, 5.41) is 8.78. The minimum Gasteiger partial charge on any atom is -0.381 e. The quantitative estimate of drug-likeness (QED) is 0.707. The van der Waals surface area contributed by atoms with E-state index in [1.165, 1.54) is 18.5 Å². The molecule has 0 amide bonds. The maximum absolute atomic E-state index is 5.85. The molecule has 3 aliphatic heterocycles. The van der Waals surface area contributed by atoms with E-state index in [1.54, 1.807) is 0 Å². The van der Waals surface area contributed by atoms with Gasteiger partial charge in [0.15, 0.2) is 6.29 Å². The molecule has 0 unspecified atom stereocenters. The van der Waals surface area contributed by atoms with Crippen molar-refractivity contribution >= 4 is 11.4 Å². The van der Waals surface area contributed by atoms with Crippen LogP contribution < -0.4 is 9.80 Å². The average molecular weight is 442 g/mol. The molecule has 8 heteroatoms. The van der Waals surface area contributed by atoms with Crippen molar-refractivity contribution in [2.75, 3.05) is 63.4 Å². The van der Waals surface area contributed by atoms with Gasteiger partial charge in [0, 0.05) is 68.2 Å². The molecule has 0 atom stereocenters. The lowest BCUT2D eigenvalue weighted by Gasteiger charge is -2.53. The van der Waals surface area contributed by atoms with E-state index in [0.29, 0.717) is 25.2 Å². The summed E-state index contributed by atoms with van der Waals surface area (Å²) >= 11 is 0. The van der Waals surface area contributed by atoms with Gasteiger partial charge >= 0.3 is 0 Å². The second-order valence-electron chi connectivity index (χ2n) is 10.6. The molecule has 0 N–H and O–H groups in total. The molecule has 32 heavy (non-hydrogen) atoms. The lowest BCUT2D eigenvalue weighted by atomic mass is 9.73. The van der Waals surface area contributed by atoms with Crippen LogP contribution in [0.25, 0.3) is 11.3 Å². The summed E-state index contributed by atoms with van der Waals surface area (Å²) < 4.78 is 19.1. The Morgan fingerprint density at radius 3 is 2.50 bits per heavy atom. The van der Waals surface area contributed by atoms with Gasteiger partial charge in [0.2, 0.25) is 0 Å². The molecule has 4 heterocycles. The number of hydrogen-bond acceptors (Lipinski definition) is 7. The third kappa shape index (κ3) is 4.36. The molecule has 3 saturated heterocycles. The van der Waals surface area contributed by atoms with Crippen molar-refractivity contribution in [3.05, 3.63) is 24.4 Å². The third-order valence-electron chi connectivity index (χ3n) is 6.90. The van der Waals surface area contributed by atoms with E-state index in [4.69, 9.17) is 14.2 Å². The minimum atomic E-state index is -0.280. The van der Waals surface area contributed by atoms with E-state index >= 15 is 0 Å². The zero-order chi connectivity index (χ0) is 22.3. The van der Waals surface area contributed by atoms with Gasteiger partial charge < -0.3 is 24.0 Å². The van der Waals surface area contributed by atoms with Gasteiger partial charge in [0.1, 0.15) is 5.69 Å². The van der Waals surface area contributed by atoms with Crippen LogP contribution in [0.15, 0.2) is 24.4 Å². The number of nitrogens with zero attached hydrogens (tertiary/aromatic N) is 5.